The maximum Gasteiger partial charge on any atom is 0.206 e. The van der Waals surface area contributed by atoms with Crippen LogP contribution in [0.15, 0.2) is 12.1 Å². The molecule has 0 unspecified atom stereocenters. The molecule has 2 rings (SSSR count). The van der Waals surface area contributed by atoms with Crippen molar-refractivity contribution < 1.29 is 4.74 Å². The molecule has 0 aliphatic heterocycles. The first-order chi connectivity index (χ1) is 9.91. The molecule has 0 saturated carbocycles. The molecule has 0 aromatic carbocycles. The topological polar surface area (TPSA) is 59.9 Å². The number of aryl methyl sites for hydroxylation is 1. The van der Waals surface area contributed by atoms with Crippen LogP contribution in [0.3, 0.4) is 0 Å². The van der Waals surface area contributed by atoms with Crippen molar-refractivity contribution in [2.24, 2.45) is 0 Å². The average molecular weight is 306 g/mol. The molecule has 0 fully saturated rings. The van der Waals surface area contributed by atoms with Crippen molar-refractivity contribution in [3.8, 4) is 10.6 Å². The molecule has 114 valence electrons. The van der Waals surface area contributed by atoms with E-state index in [2.05, 4.69) is 48.4 Å². The van der Waals surface area contributed by atoms with Crippen LogP contribution >= 0.6 is 11.3 Å². The smallest absolute Gasteiger partial charge is 0.206 e. The number of nitrogens with zero attached hydrogens (tertiary/aromatic N) is 3. The molecule has 0 bridgehead atoms. The van der Waals surface area contributed by atoms with Gasteiger partial charge in [-0.15, -0.1) is 10.2 Å². The van der Waals surface area contributed by atoms with Gasteiger partial charge in [0.2, 0.25) is 5.13 Å². The van der Waals surface area contributed by atoms with E-state index in [1.165, 1.54) is 11.3 Å². The second-order valence-electron chi connectivity index (χ2n) is 5.91. The highest BCUT2D eigenvalue weighted by Crippen LogP contribution is 2.30. The van der Waals surface area contributed by atoms with Gasteiger partial charge in [0, 0.05) is 36.0 Å². The van der Waals surface area contributed by atoms with Gasteiger partial charge in [-0.3, -0.25) is 4.98 Å². The van der Waals surface area contributed by atoms with Crippen LogP contribution in [0.25, 0.3) is 10.6 Å². The Balaban J connectivity index is 2.19. The molecule has 0 aliphatic rings. The molecule has 0 radical (unpaired) electrons. The first-order valence-electron chi connectivity index (χ1n) is 6.96. The fourth-order valence-electron chi connectivity index (χ4n) is 1.87. The summed E-state index contributed by atoms with van der Waals surface area (Å²) < 4.78 is 5.00. The number of hydrogen-bond acceptors (Lipinski definition) is 6. The predicted molar refractivity (Wildman–Crippen MR) is 86.9 cm³/mol. The number of ether oxygens (including phenoxy) is 1. The van der Waals surface area contributed by atoms with Crippen molar-refractivity contribution in [2.75, 3.05) is 25.6 Å². The largest absolute Gasteiger partial charge is 0.383 e. The van der Waals surface area contributed by atoms with Crippen LogP contribution in [0, 0.1) is 6.92 Å². The summed E-state index contributed by atoms with van der Waals surface area (Å²) >= 11 is 1.54. The quantitative estimate of drug-likeness (QED) is 0.859. The lowest BCUT2D eigenvalue weighted by Gasteiger charge is -2.18. The minimum Gasteiger partial charge on any atom is -0.383 e. The third-order valence-electron chi connectivity index (χ3n) is 3.09. The summed E-state index contributed by atoms with van der Waals surface area (Å²) in [6.45, 7) is 9.89. The third kappa shape index (κ3) is 3.98. The Morgan fingerprint density at radius 1 is 1.24 bits per heavy atom. The summed E-state index contributed by atoms with van der Waals surface area (Å²) in [6, 6.07) is 4.16. The summed E-state index contributed by atoms with van der Waals surface area (Å²) in [5.74, 6) is 0. The van der Waals surface area contributed by atoms with Crippen LogP contribution in [0.5, 0.6) is 0 Å². The van der Waals surface area contributed by atoms with E-state index in [9.17, 15) is 0 Å². The lowest BCUT2D eigenvalue weighted by Crippen LogP contribution is -2.14. The van der Waals surface area contributed by atoms with E-state index in [0.29, 0.717) is 6.61 Å². The average Bonchev–Trinajstić information content (AvgIpc) is 2.86. The van der Waals surface area contributed by atoms with E-state index in [1.54, 1.807) is 7.11 Å². The number of aromatic nitrogens is 3. The van der Waals surface area contributed by atoms with Crippen molar-refractivity contribution in [1.82, 2.24) is 15.2 Å². The standard InChI is InChI=1S/C15H22N4OS/c1-10-11(6-7-12(17-10)15(2,3)4)13-18-19-14(21-13)16-8-9-20-5/h6-7H,8-9H2,1-5H3,(H,16,19). The zero-order chi connectivity index (χ0) is 15.5. The fourth-order valence-corrected chi connectivity index (χ4v) is 2.71. The Bertz CT molecular complexity index is 604. The second-order valence-corrected chi connectivity index (χ2v) is 6.89. The third-order valence-corrected chi connectivity index (χ3v) is 4.01. The van der Waals surface area contributed by atoms with Crippen LogP contribution in [0.2, 0.25) is 0 Å². The van der Waals surface area contributed by atoms with Crippen LogP contribution in [0.1, 0.15) is 32.2 Å². The van der Waals surface area contributed by atoms with Crippen molar-refractivity contribution in [1.29, 1.82) is 0 Å². The van der Waals surface area contributed by atoms with Gasteiger partial charge < -0.3 is 10.1 Å². The highest BCUT2D eigenvalue weighted by Gasteiger charge is 2.17. The lowest BCUT2D eigenvalue weighted by atomic mass is 9.91. The summed E-state index contributed by atoms with van der Waals surface area (Å²) in [4.78, 5) is 4.70. The molecule has 2 aromatic rings. The molecular formula is C15H22N4OS. The molecule has 2 aromatic heterocycles. The minimum atomic E-state index is 0.0529. The number of anilines is 1. The van der Waals surface area contributed by atoms with Crippen molar-refractivity contribution in [3.63, 3.8) is 0 Å². The number of hydrogen-bond donors (Lipinski definition) is 1. The van der Waals surface area contributed by atoms with Crippen molar-refractivity contribution >= 4 is 16.5 Å². The lowest BCUT2D eigenvalue weighted by molar-refractivity contribution is 0.211. The van der Waals surface area contributed by atoms with Crippen molar-refractivity contribution in [2.45, 2.75) is 33.1 Å². The van der Waals surface area contributed by atoms with Gasteiger partial charge in [0.1, 0.15) is 0 Å². The molecule has 0 atom stereocenters. The molecule has 5 nitrogen and oxygen atoms in total. The van der Waals surface area contributed by atoms with Crippen LogP contribution < -0.4 is 5.32 Å². The molecule has 0 spiro atoms. The van der Waals surface area contributed by atoms with Gasteiger partial charge >= 0.3 is 0 Å². The first kappa shape index (κ1) is 15.9. The van der Waals surface area contributed by atoms with Gasteiger partial charge in [-0.2, -0.15) is 0 Å². The maximum absolute atomic E-state index is 5.00. The van der Waals surface area contributed by atoms with E-state index in [1.807, 2.05) is 6.92 Å². The highest BCUT2D eigenvalue weighted by molar-refractivity contribution is 7.18. The summed E-state index contributed by atoms with van der Waals surface area (Å²) in [7, 11) is 1.68. The van der Waals surface area contributed by atoms with Gasteiger partial charge in [-0.25, -0.2) is 0 Å². The molecule has 6 heteroatoms. The van der Waals surface area contributed by atoms with Crippen LogP contribution in [-0.2, 0) is 10.2 Å². The van der Waals surface area contributed by atoms with Gasteiger partial charge in [-0.1, -0.05) is 32.1 Å². The number of pyridine rings is 1. The summed E-state index contributed by atoms with van der Waals surface area (Å²) in [6.07, 6.45) is 0. The van der Waals surface area contributed by atoms with Gasteiger partial charge in [0.15, 0.2) is 5.01 Å². The monoisotopic (exact) mass is 306 g/mol. The van der Waals surface area contributed by atoms with Crippen LogP contribution in [0.4, 0.5) is 5.13 Å². The Morgan fingerprint density at radius 3 is 2.62 bits per heavy atom. The Kier molecular flexibility index (Phi) is 4.90. The van der Waals surface area contributed by atoms with E-state index in [0.717, 1.165) is 33.6 Å². The number of nitrogens with one attached hydrogen (secondary N) is 1. The van der Waals surface area contributed by atoms with Crippen LogP contribution in [-0.4, -0.2) is 35.4 Å². The van der Waals surface area contributed by atoms with E-state index in [4.69, 9.17) is 9.72 Å². The zero-order valence-electron chi connectivity index (χ0n) is 13.2. The summed E-state index contributed by atoms with van der Waals surface area (Å²) in [5.41, 5.74) is 3.17. The minimum absolute atomic E-state index is 0.0529. The molecular weight excluding hydrogens is 284 g/mol. The second kappa shape index (κ2) is 6.49. The number of methoxy groups -OCH3 is 1. The molecule has 0 saturated heterocycles. The molecule has 0 amide bonds. The SMILES string of the molecule is COCCNc1nnc(-c2ccc(C(C)(C)C)nc2C)s1. The van der Waals surface area contributed by atoms with Gasteiger partial charge in [0.05, 0.1) is 6.61 Å². The van der Waals surface area contributed by atoms with Gasteiger partial charge in [-0.05, 0) is 19.1 Å². The first-order valence-corrected chi connectivity index (χ1v) is 7.78. The van der Waals surface area contributed by atoms with Gasteiger partial charge in [0.25, 0.3) is 0 Å². The predicted octanol–water partition coefficient (Wildman–Crippen LogP) is 3.26. The Labute approximate surface area is 129 Å². The normalized spacial score (nSPS) is 11.7. The maximum atomic E-state index is 5.00. The Hall–Kier alpha value is -1.53. The highest BCUT2D eigenvalue weighted by atomic mass is 32.1. The molecule has 2 heterocycles. The summed E-state index contributed by atoms with van der Waals surface area (Å²) in [5, 5.41) is 13.3. The Morgan fingerprint density at radius 2 is 2.00 bits per heavy atom. The molecule has 1 N–H and O–H groups in total. The fraction of sp³-hybridized carbons (Fsp3) is 0.533. The van der Waals surface area contributed by atoms with E-state index >= 15 is 0 Å². The van der Waals surface area contributed by atoms with E-state index < -0.39 is 0 Å². The molecule has 0 aliphatic carbocycles. The van der Waals surface area contributed by atoms with E-state index in [-0.39, 0.29) is 5.41 Å². The zero-order valence-corrected chi connectivity index (χ0v) is 14.0. The van der Waals surface area contributed by atoms with Crippen molar-refractivity contribution in [3.05, 3.63) is 23.5 Å². The molecule has 21 heavy (non-hydrogen) atoms. The number of rotatable bonds is 5.